The fourth-order valence-corrected chi connectivity index (χ4v) is 6.68. The van der Waals surface area contributed by atoms with Crippen molar-refractivity contribution in [2.45, 2.75) is 101 Å². The lowest BCUT2D eigenvalue weighted by Crippen LogP contribution is -2.61. The SMILES string of the molecule is CC(=O)OC[C@H]1O[C@@H](Sc2nc3c(c(-c4cccnc4)c2C#N)CCCCCC3)[C@H](OC(C)=O)[C@@H](OC(C)=O)[C@H]1OC(C)=O. The number of pyridine rings is 2. The van der Waals surface area contributed by atoms with Gasteiger partial charge >= 0.3 is 23.9 Å². The number of nitriles is 1. The maximum Gasteiger partial charge on any atom is 0.303 e. The van der Waals surface area contributed by atoms with Gasteiger partial charge in [-0.15, -0.1) is 0 Å². The van der Waals surface area contributed by atoms with Crippen LogP contribution in [0.1, 0.15) is 70.2 Å². The van der Waals surface area contributed by atoms with Crippen LogP contribution in [-0.2, 0) is 55.7 Å². The molecule has 1 aliphatic heterocycles. The molecule has 2 aliphatic rings. The summed E-state index contributed by atoms with van der Waals surface area (Å²) in [5.74, 6) is -2.75. The molecule has 0 unspecified atom stereocenters. The van der Waals surface area contributed by atoms with Crippen LogP contribution in [-0.4, -0.2) is 70.3 Å². The molecule has 0 N–H and O–H groups in total. The topological polar surface area (TPSA) is 164 Å². The van der Waals surface area contributed by atoms with Crippen molar-refractivity contribution in [3.05, 3.63) is 41.3 Å². The van der Waals surface area contributed by atoms with E-state index in [2.05, 4.69) is 11.1 Å². The first-order valence-corrected chi connectivity index (χ1v) is 15.3. The van der Waals surface area contributed by atoms with Gasteiger partial charge in [-0.05, 0) is 37.3 Å². The van der Waals surface area contributed by atoms with Crippen LogP contribution in [0.25, 0.3) is 11.1 Å². The van der Waals surface area contributed by atoms with E-state index in [-0.39, 0.29) is 6.61 Å². The number of thioether (sulfide) groups is 1. The Morgan fingerprint density at radius 1 is 0.932 bits per heavy atom. The normalized spacial score (nSPS) is 23.1. The zero-order valence-corrected chi connectivity index (χ0v) is 25.9. The fraction of sp³-hybridized carbons (Fsp3) is 0.516. The number of carbonyl (C=O) groups is 4. The van der Waals surface area contributed by atoms with Crippen LogP contribution in [0, 0.1) is 11.3 Å². The summed E-state index contributed by atoms with van der Waals surface area (Å²) in [5, 5.41) is 10.8. The van der Waals surface area contributed by atoms with Gasteiger partial charge in [0.2, 0.25) is 0 Å². The van der Waals surface area contributed by atoms with Crippen LogP contribution >= 0.6 is 11.8 Å². The minimum atomic E-state index is -1.32. The van der Waals surface area contributed by atoms with Crippen molar-refractivity contribution in [2.24, 2.45) is 0 Å². The highest BCUT2D eigenvalue weighted by atomic mass is 32.2. The second-order valence-corrected chi connectivity index (χ2v) is 11.6. The lowest BCUT2D eigenvalue weighted by Gasteiger charge is -2.44. The molecule has 1 saturated heterocycles. The summed E-state index contributed by atoms with van der Waals surface area (Å²) in [6, 6.07) is 6.02. The average molecular weight is 626 g/mol. The van der Waals surface area contributed by atoms with E-state index < -0.39 is 53.7 Å². The van der Waals surface area contributed by atoms with Gasteiger partial charge in [0.1, 0.15) is 23.8 Å². The highest BCUT2D eigenvalue weighted by Crippen LogP contribution is 2.42. The number of carbonyl (C=O) groups excluding carboxylic acids is 4. The summed E-state index contributed by atoms with van der Waals surface area (Å²) in [6.07, 6.45) is 3.88. The average Bonchev–Trinajstić information content (AvgIpc) is 2.95. The van der Waals surface area contributed by atoms with Crippen molar-refractivity contribution in [1.29, 1.82) is 5.26 Å². The summed E-state index contributed by atoms with van der Waals surface area (Å²) < 4.78 is 28.2. The van der Waals surface area contributed by atoms with E-state index in [9.17, 15) is 24.4 Å². The van der Waals surface area contributed by atoms with E-state index in [0.29, 0.717) is 17.0 Å². The molecule has 0 spiro atoms. The molecule has 2 aromatic rings. The quantitative estimate of drug-likeness (QED) is 0.307. The van der Waals surface area contributed by atoms with Gasteiger partial charge in [-0.3, -0.25) is 24.2 Å². The van der Waals surface area contributed by atoms with Crippen LogP contribution in [0.4, 0.5) is 0 Å². The number of esters is 4. The Morgan fingerprint density at radius 3 is 2.20 bits per heavy atom. The zero-order chi connectivity index (χ0) is 31.8. The van der Waals surface area contributed by atoms with Gasteiger partial charge in [-0.1, -0.05) is 30.7 Å². The molecular formula is C31H35N3O9S. The summed E-state index contributed by atoms with van der Waals surface area (Å²) in [6.45, 7) is 4.37. The minimum Gasteiger partial charge on any atom is -0.463 e. The molecule has 0 amide bonds. The van der Waals surface area contributed by atoms with Crippen molar-refractivity contribution in [3.63, 3.8) is 0 Å². The van der Waals surface area contributed by atoms with Crippen LogP contribution in [0.5, 0.6) is 0 Å². The number of ether oxygens (including phenoxy) is 5. The van der Waals surface area contributed by atoms with E-state index >= 15 is 0 Å². The first-order chi connectivity index (χ1) is 21.1. The maximum absolute atomic E-state index is 12.3. The molecule has 0 bridgehead atoms. The molecular weight excluding hydrogens is 590 g/mol. The predicted octanol–water partition coefficient (Wildman–Crippen LogP) is 3.85. The van der Waals surface area contributed by atoms with Crippen LogP contribution in [0.2, 0.25) is 0 Å². The molecule has 44 heavy (non-hydrogen) atoms. The van der Waals surface area contributed by atoms with E-state index in [0.717, 1.165) is 73.2 Å². The Balaban J connectivity index is 1.86. The van der Waals surface area contributed by atoms with Crippen molar-refractivity contribution in [3.8, 4) is 17.2 Å². The Morgan fingerprint density at radius 2 is 1.59 bits per heavy atom. The molecule has 1 aliphatic carbocycles. The molecule has 1 fully saturated rings. The van der Waals surface area contributed by atoms with Gasteiger partial charge in [0.25, 0.3) is 0 Å². The Bertz CT molecular complexity index is 1430. The van der Waals surface area contributed by atoms with Gasteiger partial charge in [-0.25, -0.2) is 4.98 Å². The Labute approximate surface area is 259 Å². The number of hydrogen-bond acceptors (Lipinski definition) is 13. The lowest BCUT2D eigenvalue weighted by atomic mass is 9.89. The second-order valence-electron chi connectivity index (χ2n) is 10.5. The van der Waals surface area contributed by atoms with Crippen LogP contribution in [0.15, 0.2) is 29.6 Å². The number of rotatable bonds is 8. The van der Waals surface area contributed by atoms with Gasteiger partial charge in [-0.2, -0.15) is 5.26 Å². The molecule has 0 radical (unpaired) electrons. The smallest absolute Gasteiger partial charge is 0.303 e. The van der Waals surface area contributed by atoms with Crippen molar-refractivity contribution in [2.75, 3.05) is 6.61 Å². The molecule has 234 valence electrons. The predicted molar refractivity (Wildman–Crippen MR) is 156 cm³/mol. The Hall–Kier alpha value is -4.02. The molecule has 4 rings (SSSR count). The molecule has 3 heterocycles. The first kappa shape index (κ1) is 32.9. The largest absolute Gasteiger partial charge is 0.463 e. The third kappa shape index (κ3) is 8.12. The monoisotopic (exact) mass is 625 g/mol. The number of aryl methyl sites for hydroxylation is 1. The van der Waals surface area contributed by atoms with Crippen molar-refractivity contribution >= 4 is 35.6 Å². The fourth-order valence-electron chi connectivity index (χ4n) is 5.48. The molecule has 0 saturated carbocycles. The number of hydrogen-bond donors (Lipinski definition) is 0. The molecule has 2 aromatic heterocycles. The van der Waals surface area contributed by atoms with Gasteiger partial charge in [0.15, 0.2) is 23.7 Å². The number of nitrogens with zero attached hydrogens (tertiary/aromatic N) is 3. The van der Waals surface area contributed by atoms with E-state index in [1.54, 1.807) is 18.5 Å². The van der Waals surface area contributed by atoms with E-state index in [1.165, 1.54) is 20.8 Å². The number of fused-ring (bicyclic) bond motifs is 1. The van der Waals surface area contributed by atoms with E-state index in [4.69, 9.17) is 28.7 Å². The maximum atomic E-state index is 12.3. The minimum absolute atomic E-state index is 0.301. The highest BCUT2D eigenvalue weighted by Gasteiger charge is 2.53. The third-order valence-corrected chi connectivity index (χ3v) is 8.31. The second kappa shape index (κ2) is 15.1. The summed E-state index contributed by atoms with van der Waals surface area (Å²) in [4.78, 5) is 57.6. The molecule has 13 heteroatoms. The molecule has 12 nitrogen and oxygen atoms in total. The first-order valence-electron chi connectivity index (χ1n) is 14.4. The van der Waals surface area contributed by atoms with Crippen LogP contribution in [0.3, 0.4) is 0 Å². The van der Waals surface area contributed by atoms with Gasteiger partial charge < -0.3 is 23.7 Å². The van der Waals surface area contributed by atoms with Crippen molar-refractivity contribution < 1.29 is 42.9 Å². The summed E-state index contributed by atoms with van der Waals surface area (Å²) in [7, 11) is 0. The van der Waals surface area contributed by atoms with Gasteiger partial charge in [0, 0.05) is 56.9 Å². The molecule has 0 aromatic carbocycles. The standard InChI is InChI=1S/C31H35N3O9S/c1-17(35)39-16-25-27(40-18(2)36)28(41-19(3)37)29(42-20(4)38)31(43-25)44-30-23(14-32)26(21-10-9-13-33-15-21)22-11-7-5-6-8-12-24(22)34-30/h9-10,13,15,25,27-29,31H,5-8,11-12,16H2,1-4H3/t25-,27+,28+,29-,31+/m1/s1. The lowest BCUT2D eigenvalue weighted by molar-refractivity contribution is -0.237. The van der Waals surface area contributed by atoms with Gasteiger partial charge in [0.05, 0.1) is 5.56 Å². The summed E-state index contributed by atoms with van der Waals surface area (Å²) in [5.41, 5.74) is 2.56. The highest BCUT2D eigenvalue weighted by molar-refractivity contribution is 7.99. The van der Waals surface area contributed by atoms with Crippen molar-refractivity contribution in [1.82, 2.24) is 9.97 Å². The molecule has 5 atom stereocenters. The number of aromatic nitrogens is 2. The zero-order valence-electron chi connectivity index (χ0n) is 25.1. The third-order valence-electron chi connectivity index (χ3n) is 7.18. The Kier molecular flexibility index (Phi) is 11.3. The summed E-state index contributed by atoms with van der Waals surface area (Å²) >= 11 is 1.02. The van der Waals surface area contributed by atoms with E-state index in [1.807, 2.05) is 6.07 Å². The van der Waals surface area contributed by atoms with Crippen LogP contribution < -0.4 is 0 Å².